The summed E-state index contributed by atoms with van der Waals surface area (Å²) in [5, 5.41) is 8.46. The largest absolute Gasteiger partial charge is 0.481 e. The van der Waals surface area contributed by atoms with E-state index >= 15 is 0 Å². The molecule has 0 bridgehead atoms. The van der Waals surface area contributed by atoms with Gasteiger partial charge in [0.1, 0.15) is 0 Å². The molecule has 0 aliphatic rings. The summed E-state index contributed by atoms with van der Waals surface area (Å²) in [6.07, 6.45) is 0.230. The van der Waals surface area contributed by atoms with Crippen LogP contribution in [0.4, 0.5) is 0 Å². The lowest BCUT2D eigenvalue weighted by Crippen LogP contribution is -2.34. The number of aliphatic carboxylic acids is 1. The Bertz CT molecular complexity index is 145. The van der Waals surface area contributed by atoms with E-state index in [2.05, 4.69) is 25.7 Å². The van der Waals surface area contributed by atoms with Crippen molar-refractivity contribution in [3.05, 3.63) is 0 Å². The summed E-state index contributed by atoms with van der Waals surface area (Å²) in [5.74, 6) is -0.151. The van der Waals surface area contributed by atoms with Crippen LogP contribution in [0.1, 0.15) is 27.2 Å². The molecule has 3 heteroatoms. The molecule has 3 nitrogen and oxygen atoms in total. The Kier molecular flexibility index (Phi) is 4.90. The number of carboxylic acids is 1. The third-order valence-electron chi connectivity index (χ3n) is 2.34. The molecule has 0 spiro atoms. The number of carboxylic acid groups (broad SMARTS) is 1. The van der Waals surface area contributed by atoms with E-state index in [-0.39, 0.29) is 6.42 Å². The summed E-state index contributed by atoms with van der Waals surface area (Å²) in [6, 6.07) is 0.448. The second-order valence-corrected chi connectivity index (χ2v) is 3.61. The lowest BCUT2D eigenvalue weighted by Gasteiger charge is -2.27. The second kappa shape index (κ2) is 5.14. The maximum absolute atomic E-state index is 10.3. The third kappa shape index (κ3) is 4.34. The van der Waals surface area contributed by atoms with Crippen molar-refractivity contribution in [3.63, 3.8) is 0 Å². The Morgan fingerprint density at radius 2 is 1.92 bits per heavy atom. The Morgan fingerprint density at radius 1 is 1.42 bits per heavy atom. The minimum absolute atomic E-state index is 0.230. The van der Waals surface area contributed by atoms with E-state index in [0.29, 0.717) is 18.5 Å². The lowest BCUT2D eigenvalue weighted by molar-refractivity contribution is -0.137. The van der Waals surface area contributed by atoms with Crippen molar-refractivity contribution < 1.29 is 9.90 Å². The molecule has 0 amide bonds. The predicted octanol–water partition coefficient (Wildman–Crippen LogP) is 1.44. The molecule has 0 rings (SSSR count). The van der Waals surface area contributed by atoms with Gasteiger partial charge in [0, 0.05) is 12.6 Å². The van der Waals surface area contributed by atoms with E-state index < -0.39 is 5.97 Å². The van der Waals surface area contributed by atoms with Crippen LogP contribution in [0.2, 0.25) is 0 Å². The molecule has 72 valence electrons. The van der Waals surface area contributed by atoms with Gasteiger partial charge < -0.3 is 10.0 Å². The third-order valence-corrected chi connectivity index (χ3v) is 2.34. The van der Waals surface area contributed by atoms with Gasteiger partial charge in [-0.15, -0.1) is 0 Å². The highest BCUT2D eigenvalue weighted by Gasteiger charge is 2.13. The summed E-state index contributed by atoms with van der Waals surface area (Å²) in [5.41, 5.74) is 0. The first-order valence-electron chi connectivity index (χ1n) is 4.37. The van der Waals surface area contributed by atoms with Gasteiger partial charge >= 0.3 is 5.97 Å². The van der Waals surface area contributed by atoms with E-state index in [1.165, 1.54) is 0 Å². The minimum Gasteiger partial charge on any atom is -0.481 e. The van der Waals surface area contributed by atoms with E-state index in [4.69, 9.17) is 5.11 Å². The zero-order chi connectivity index (χ0) is 9.72. The molecule has 0 fully saturated rings. The van der Waals surface area contributed by atoms with Crippen LogP contribution in [0.15, 0.2) is 0 Å². The molecular weight excluding hydrogens is 154 g/mol. The van der Waals surface area contributed by atoms with Crippen LogP contribution in [0.25, 0.3) is 0 Å². The summed E-state index contributed by atoms with van der Waals surface area (Å²) < 4.78 is 0. The van der Waals surface area contributed by atoms with Gasteiger partial charge in [0.15, 0.2) is 0 Å². The summed E-state index contributed by atoms with van der Waals surface area (Å²) >= 11 is 0. The van der Waals surface area contributed by atoms with Crippen LogP contribution in [-0.4, -0.2) is 35.6 Å². The molecule has 12 heavy (non-hydrogen) atoms. The highest BCUT2D eigenvalue weighted by Crippen LogP contribution is 2.07. The van der Waals surface area contributed by atoms with Crippen LogP contribution in [0.5, 0.6) is 0 Å². The first-order valence-corrected chi connectivity index (χ1v) is 4.37. The van der Waals surface area contributed by atoms with Gasteiger partial charge in [0.2, 0.25) is 0 Å². The molecule has 0 aliphatic carbocycles. The number of hydrogen-bond donors (Lipinski definition) is 1. The number of carbonyl (C=O) groups is 1. The molecule has 1 unspecified atom stereocenters. The van der Waals surface area contributed by atoms with Crippen LogP contribution < -0.4 is 0 Å². The predicted molar refractivity (Wildman–Crippen MR) is 49.2 cm³/mol. The normalized spacial score (nSPS) is 13.8. The van der Waals surface area contributed by atoms with Crippen LogP contribution in [-0.2, 0) is 4.79 Å². The van der Waals surface area contributed by atoms with Crippen molar-refractivity contribution in [2.75, 3.05) is 13.6 Å². The van der Waals surface area contributed by atoms with E-state index in [1.807, 2.05) is 7.05 Å². The highest BCUT2D eigenvalue weighted by atomic mass is 16.4. The van der Waals surface area contributed by atoms with Gasteiger partial charge in [-0.2, -0.15) is 0 Å². The Morgan fingerprint density at radius 3 is 2.25 bits per heavy atom. The Balaban J connectivity index is 3.71. The molecule has 0 aromatic carbocycles. The number of nitrogens with zero attached hydrogens (tertiary/aromatic N) is 1. The lowest BCUT2D eigenvalue weighted by atomic mass is 10.1. The van der Waals surface area contributed by atoms with Gasteiger partial charge in [0.05, 0.1) is 6.42 Å². The summed E-state index contributed by atoms with van der Waals surface area (Å²) in [6.45, 7) is 7.03. The first kappa shape index (κ1) is 11.4. The van der Waals surface area contributed by atoms with Crippen molar-refractivity contribution in [3.8, 4) is 0 Å². The maximum atomic E-state index is 10.3. The number of hydrogen-bond acceptors (Lipinski definition) is 2. The molecule has 0 radical (unpaired) electrons. The molecule has 0 aliphatic heterocycles. The Hall–Kier alpha value is -0.570. The van der Waals surface area contributed by atoms with Crippen molar-refractivity contribution in [1.29, 1.82) is 0 Å². The molecule has 0 aromatic heterocycles. The average molecular weight is 173 g/mol. The van der Waals surface area contributed by atoms with E-state index in [1.54, 1.807) is 0 Å². The first-order chi connectivity index (χ1) is 5.45. The topological polar surface area (TPSA) is 40.5 Å². The zero-order valence-corrected chi connectivity index (χ0v) is 8.37. The van der Waals surface area contributed by atoms with Gasteiger partial charge in [-0.25, -0.2) is 0 Å². The molecule has 0 heterocycles. The van der Waals surface area contributed by atoms with Gasteiger partial charge in [-0.1, -0.05) is 13.8 Å². The monoisotopic (exact) mass is 173 g/mol. The maximum Gasteiger partial charge on any atom is 0.304 e. The highest BCUT2D eigenvalue weighted by molar-refractivity contribution is 5.66. The molecule has 1 N–H and O–H groups in total. The fourth-order valence-corrected chi connectivity index (χ4v) is 0.985. The SMILES string of the molecule is CC(C)C(C)N(C)CCC(=O)O. The standard InChI is InChI=1S/C9H19NO2/c1-7(2)8(3)10(4)6-5-9(11)12/h7-8H,5-6H2,1-4H3,(H,11,12). The molecule has 0 saturated heterocycles. The smallest absolute Gasteiger partial charge is 0.304 e. The molecular formula is C9H19NO2. The van der Waals surface area contributed by atoms with Gasteiger partial charge in [-0.3, -0.25) is 4.79 Å². The van der Waals surface area contributed by atoms with Gasteiger partial charge in [0.25, 0.3) is 0 Å². The quantitative estimate of drug-likeness (QED) is 0.684. The van der Waals surface area contributed by atoms with Crippen molar-refractivity contribution >= 4 is 5.97 Å². The van der Waals surface area contributed by atoms with Crippen molar-refractivity contribution in [1.82, 2.24) is 4.90 Å². The van der Waals surface area contributed by atoms with E-state index in [0.717, 1.165) is 0 Å². The Labute approximate surface area is 74.4 Å². The van der Waals surface area contributed by atoms with Gasteiger partial charge in [-0.05, 0) is 19.9 Å². The van der Waals surface area contributed by atoms with Crippen LogP contribution in [0, 0.1) is 5.92 Å². The average Bonchev–Trinajstić information content (AvgIpc) is 1.98. The molecule has 1 atom stereocenters. The fraction of sp³-hybridized carbons (Fsp3) is 0.889. The van der Waals surface area contributed by atoms with Crippen LogP contribution in [0.3, 0.4) is 0 Å². The summed E-state index contributed by atoms with van der Waals surface area (Å²) in [4.78, 5) is 12.4. The molecule has 0 aromatic rings. The minimum atomic E-state index is -0.724. The van der Waals surface area contributed by atoms with E-state index in [9.17, 15) is 4.79 Å². The fourth-order valence-electron chi connectivity index (χ4n) is 0.985. The molecule has 0 saturated carbocycles. The number of rotatable bonds is 5. The second-order valence-electron chi connectivity index (χ2n) is 3.61. The zero-order valence-electron chi connectivity index (χ0n) is 8.37. The van der Waals surface area contributed by atoms with Crippen molar-refractivity contribution in [2.45, 2.75) is 33.2 Å². The van der Waals surface area contributed by atoms with Crippen molar-refractivity contribution in [2.24, 2.45) is 5.92 Å². The summed E-state index contributed by atoms with van der Waals surface area (Å²) in [7, 11) is 1.97. The van der Waals surface area contributed by atoms with Crippen LogP contribution >= 0.6 is 0 Å².